The fourth-order valence-electron chi connectivity index (χ4n) is 2.24. The fraction of sp³-hybridized carbons (Fsp3) is 0.500. The first-order valence-corrected chi connectivity index (χ1v) is 8.74. The monoisotopic (exact) mass is 428 g/mol. The number of carbonyl (C=O) groups is 5. The number of aliphatic hydroxyl groups excluding tert-OH is 1. The molecule has 14 heteroatoms. The lowest BCUT2D eigenvalue weighted by Crippen LogP contribution is -2.58. The maximum Gasteiger partial charge on any atom is 0.328 e. The summed E-state index contributed by atoms with van der Waals surface area (Å²) in [6.45, 7) is 0.448. The van der Waals surface area contributed by atoms with Crippen molar-refractivity contribution >= 4 is 29.7 Å². The van der Waals surface area contributed by atoms with Crippen LogP contribution in [0.1, 0.15) is 19.0 Å². The summed E-state index contributed by atoms with van der Waals surface area (Å²) in [6, 6.07) is -5.54. The van der Waals surface area contributed by atoms with E-state index in [-0.39, 0.29) is 6.42 Å². The maximum absolute atomic E-state index is 12.7. The third kappa shape index (κ3) is 7.84. The van der Waals surface area contributed by atoms with E-state index in [9.17, 15) is 24.0 Å². The third-order valence-electron chi connectivity index (χ3n) is 3.83. The molecule has 0 aliphatic carbocycles. The van der Waals surface area contributed by atoms with E-state index in [0.717, 1.165) is 0 Å². The van der Waals surface area contributed by atoms with Crippen molar-refractivity contribution in [3.05, 3.63) is 18.2 Å². The predicted octanol–water partition coefficient (Wildman–Crippen LogP) is -3.69. The topological polar surface area (TPSA) is 237 Å². The molecule has 0 saturated heterocycles. The van der Waals surface area contributed by atoms with Gasteiger partial charge in [-0.1, -0.05) is 0 Å². The molecule has 3 amide bonds. The Labute approximate surface area is 170 Å². The number of rotatable bonds is 12. The number of aliphatic hydroxyl groups is 1. The lowest BCUT2D eigenvalue weighted by Gasteiger charge is -2.23. The summed E-state index contributed by atoms with van der Waals surface area (Å²) in [6.07, 6.45) is 1.81. The number of nitrogens with one attached hydrogen (secondary N) is 4. The second-order valence-corrected chi connectivity index (χ2v) is 6.37. The SMILES string of the molecule is CC(N)C(=O)NC(Cc1cnc[nH]1)C(=O)NC(CC(=O)O)C(=O)NC(CO)C(=O)O. The summed E-state index contributed by atoms with van der Waals surface area (Å²) >= 11 is 0. The zero-order valence-electron chi connectivity index (χ0n) is 16.0. The van der Waals surface area contributed by atoms with Gasteiger partial charge in [-0.2, -0.15) is 0 Å². The van der Waals surface area contributed by atoms with Crippen LogP contribution in [0, 0.1) is 0 Å². The Balaban J connectivity index is 2.99. The van der Waals surface area contributed by atoms with Crippen LogP contribution in [0.2, 0.25) is 0 Å². The number of aromatic amines is 1. The van der Waals surface area contributed by atoms with Crippen molar-refractivity contribution in [3.63, 3.8) is 0 Å². The highest BCUT2D eigenvalue weighted by molar-refractivity contribution is 5.95. The van der Waals surface area contributed by atoms with Crippen molar-refractivity contribution in [3.8, 4) is 0 Å². The molecule has 0 aromatic carbocycles. The van der Waals surface area contributed by atoms with Crippen molar-refractivity contribution in [1.29, 1.82) is 0 Å². The number of carboxylic acids is 2. The summed E-state index contributed by atoms with van der Waals surface area (Å²) in [4.78, 5) is 65.4. The number of nitrogens with zero attached hydrogens (tertiary/aromatic N) is 1. The number of amides is 3. The number of imidazole rings is 1. The summed E-state index contributed by atoms with van der Waals surface area (Å²) in [5, 5.41) is 33.4. The van der Waals surface area contributed by atoms with Gasteiger partial charge in [-0.25, -0.2) is 9.78 Å². The highest BCUT2D eigenvalue weighted by Crippen LogP contribution is 2.02. The first kappa shape index (κ1) is 24.5. The van der Waals surface area contributed by atoms with Gasteiger partial charge < -0.3 is 42.0 Å². The number of hydrogen-bond donors (Lipinski definition) is 8. The minimum atomic E-state index is -1.69. The van der Waals surface area contributed by atoms with E-state index in [2.05, 4.69) is 20.6 Å². The molecule has 0 saturated carbocycles. The Bertz CT molecular complexity index is 766. The first-order chi connectivity index (χ1) is 14.0. The van der Waals surface area contributed by atoms with Gasteiger partial charge in [-0.3, -0.25) is 19.2 Å². The van der Waals surface area contributed by atoms with Crippen LogP contribution in [-0.4, -0.2) is 85.7 Å². The van der Waals surface area contributed by atoms with E-state index < -0.39 is 66.9 Å². The third-order valence-corrected chi connectivity index (χ3v) is 3.83. The summed E-state index contributed by atoms with van der Waals surface area (Å²) < 4.78 is 0. The summed E-state index contributed by atoms with van der Waals surface area (Å²) in [7, 11) is 0. The zero-order valence-corrected chi connectivity index (χ0v) is 16.0. The van der Waals surface area contributed by atoms with E-state index in [1.807, 2.05) is 5.32 Å². The van der Waals surface area contributed by atoms with Crippen LogP contribution in [0.5, 0.6) is 0 Å². The van der Waals surface area contributed by atoms with Crippen LogP contribution >= 0.6 is 0 Å². The van der Waals surface area contributed by atoms with E-state index in [4.69, 9.17) is 21.1 Å². The molecule has 166 valence electrons. The van der Waals surface area contributed by atoms with Gasteiger partial charge in [0.05, 0.1) is 25.4 Å². The number of H-pyrrole nitrogens is 1. The largest absolute Gasteiger partial charge is 0.481 e. The van der Waals surface area contributed by atoms with Crippen molar-refractivity contribution in [2.75, 3.05) is 6.61 Å². The molecule has 14 nitrogen and oxygen atoms in total. The average molecular weight is 428 g/mol. The number of carboxylic acid groups (broad SMARTS) is 2. The molecule has 0 spiro atoms. The van der Waals surface area contributed by atoms with Gasteiger partial charge in [0, 0.05) is 18.3 Å². The minimum Gasteiger partial charge on any atom is -0.481 e. The Morgan fingerprint density at radius 3 is 2.07 bits per heavy atom. The molecule has 1 aromatic rings. The maximum atomic E-state index is 12.7. The molecular formula is C16H24N6O8. The van der Waals surface area contributed by atoms with Gasteiger partial charge in [0.25, 0.3) is 0 Å². The quantitative estimate of drug-likeness (QED) is 0.162. The zero-order chi connectivity index (χ0) is 22.8. The number of hydrogen-bond acceptors (Lipinski definition) is 8. The Morgan fingerprint density at radius 1 is 1.03 bits per heavy atom. The Morgan fingerprint density at radius 2 is 1.60 bits per heavy atom. The van der Waals surface area contributed by atoms with Gasteiger partial charge >= 0.3 is 11.9 Å². The molecule has 4 unspecified atom stereocenters. The van der Waals surface area contributed by atoms with Gasteiger partial charge in [0.2, 0.25) is 17.7 Å². The Kier molecular flexibility index (Phi) is 9.38. The molecule has 30 heavy (non-hydrogen) atoms. The van der Waals surface area contributed by atoms with Crippen LogP contribution in [0.25, 0.3) is 0 Å². The fourth-order valence-corrected chi connectivity index (χ4v) is 2.24. The normalized spacial score (nSPS) is 14.6. The average Bonchev–Trinajstić information content (AvgIpc) is 3.16. The lowest BCUT2D eigenvalue weighted by atomic mass is 10.1. The van der Waals surface area contributed by atoms with Crippen molar-refractivity contribution in [2.45, 2.75) is 43.9 Å². The van der Waals surface area contributed by atoms with Gasteiger partial charge in [-0.15, -0.1) is 0 Å². The van der Waals surface area contributed by atoms with E-state index in [1.165, 1.54) is 19.4 Å². The standard InChI is InChI=1S/C16H24N6O8/c1-7(17)13(26)20-9(2-8-4-18-6-19-8)14(27)21-10(3-12(24)25)15(28)22-11(5-23)16(29)30/h4,6-7,9-11,23H,2-3,5,17H2,1H3,(H,18,19)(H,20,26)(H,21,27)(H,22,28)(H,24,25)(H,29,30). The molecule has 0 bridgehead atoms. The van der Waals surface area contributed by atoms with Crippen LogP contribution in [0.3, 0.4) is 0 Å². The molecule has 0 aliphatic rings. The van der Waals surface area contributed by atoms with E-state index in [1.54, 1.807) is 0 Å². The van der Waals surface area contributed by atoms with Gasteiger partial charge in [0.1, 0.15) is 18.1 Å². The van der Waals surface area contributed by atoms with Crippen molar-refractivity contribution < 1.29 is 39.3 Å². The molecular weight excluding hydrogens is 404 g/mol. The number of nitrogens with two attached hydrogens (primary N) is 1. The summed E-state index contributed by atoms with van der Waals surface area (Å²) in [5.41, 5.74) is 5.95. The van der Waals surface area contributed by atoms with Crippen LogP contribution in [0.15, 0.2) is 12.5 Å². The molecule has 9 N–H and O–H groups in total. The minimum absolute atomic E-state index is 0.0694. The van der Waals surface area contributed by atoms with E-state index in [0.29, 0.717) is 5.69 Å². The number of aliphatic carboxylic acids is 2. The highest BCUT2D eigenvalue weighted by Gasteiger charge is 2.31. The number of carbonyl (C=O) groups excluding carboxylic acids is 3. The highest BCUT2D eigenvalue weighted by atomic mass is 16.4. The van der Waals surface area contributed by atoms with Gasteiger partial charge in [0.15, 0.2) is 0 Å². The van der Waals surface area contributed by atoms with Crippen LogP contribution in [0.4, 0.5) is 0 Å². The number of aromatic nitrogens is 2. The van der Waals surface area contributed by atoms with Crippen molar-refractivity contribution in [2.24, 2.45) is 5.73 Å². The molecule has 1 heterocycles. The molecule has 4 atom stereocenters. The second kappa shape index (κ2) is 11.5. The lowest BCUT2D eigenvalue weighted by molar-refractivity contribution is -0.144. The van der Waals surface area contributed by atoms with E-state index >= 15 is 0 Å². The second-order valence-electron chi connectivity index (χ2n) is 6.37. The predicted molar refractivity (Wildman–Crippen MR) is 98.7 cm³/mol. The first-order valence-electron chi connectivity index (χ1n) is 8.74. The Hall–Kier alpha value is -3.52. The smallest absolute Gasteiger partial charge is 0.328 e. The molecule has 1 aromatic heterocycles. The van der Waals surface area contributed by atoms with Gasteiger partial charge in [-0.05, 0) is 6.92 Å². The molecule has 0 radical (unpaired) electrons. The molecule has 1 rings (SSSR count). The summed E-state index contributed by atoms with van der Waals surface area (Å²) in [5.74, 6) is -5.70. The van der Waals surface area contributed by atoms with Crippen LogP contribution < -0.4 is 21.7 Å². The molecule has 0 fully saturated rings. The molecule has 0 aliphatic heterocycles. The van der Waals surface area contributed by atoms with Crippen LogP contribution in [-0.2, 0) is 30.4 Å². The van der Waals surface area contributed by atoms with Crippen molar-refractivity contribution in [1.82, 2.24) is 25.9 Å².